The molecule has 90 valence electrons. The average molecular weight is 243 g/mol. The minimum absolute atomic E-state index is 0.0592. The molecule has 0 saturated carbocycles. The smallest absolute Gasteiger partial charge is 0.218 e. The Balaban J connectivity index is 2.52. The van der Waals surface area contributed by atoms with Crippen molar-refractivity contribution in [2.75, 3.05) is 11.9 Å². The number of hydrogen-bond donors (Lipinski definition) is 1. The maximum absolute atomic E-state index is 10.9. The van der Waals surface area contributed by atoms with E-state index in [1.54, 1.807) is 18.2 Å². The van der Waals surface area contributed by atoms with E-state index in [0.717, 1.165) is 0 Å². The van der Waals surface area contributed by atoms with E-state index >= 15 is 0 Å². The van der Waals surface area contributed by atoms with Gasteiger partial charge >= 0.3 is 0 Å². The molecule has 0 saturated heterocycles. The van der Waals surface area contributed by atoms with Crippen molar-refractivity contribution in [3.63, 3.8) is 0 Å². The van der Waals surface area contributed by atoms with Crippen LogP contribution in [0.2, 0.25) is 0 Å². The normalized spacial score (nSPS) is 9.72. The lowest BCUT2D eigenvalue weighted by Gasteiger charge is -2.02. The molecule has 2 aromatic rings. The molecule has 0 aliphatic heterocycles. The van der Waals surface area contributed by atoms with Crippen LogP contribution in [0.4, 0.5) is 5.69 Å². The third-order valence-corrected chi connectivity index (χ3v) is 2.44. The van der Waals surface area contributed by atoms with Crippen molar-refractivity contribution < 1.29 is 14.3 Å². The molecule has 1 aromatic heterocycles. The highest BCUT2D eigenvalue weighted by Crippen LogP contribution is 2.28. The number of benzene rings is 1. The topological polar surface area (TPSA) is 84.1 Å². The van der Waals surface area contributed by atoms with Crippen LogP contribution >= 0.6 is 0 Å². The number of rotatable bonds is 5. The third-order valence-electron chi connectivity index (χ3n) is 2.44. The van der Waals surface area contributed by atoms with Crippen LogP contribution < -0.4 is 10.1 Å². The van der Waals surface area contributed by atoms with Crippen LogP contribution in [0.1, 0.15) is 0 Å². The Morgan fingerprint density at radius 3 is 2.94 bits per heavy atom. The number of amides is 1. The van der Waals surface area contributed by atoms with E-state index in [2.05, 4.69) is 5.32 Å². The molecule has 6 heteroatoms. The summed E-state index contributed by atoms with van der Waals surface area (Å²) in [5, 5.41) is 11.6. The molecule has 1 amide bonds. The lowest BCUT2D eigenvalue weighted by molar-refractivity contribution is -0.105. The molecule has 0 spiro atoms. The summed E-state index contributed by atoms with van der Waals surface area (Å²) in [4.78, 5) is 21.4. The standard InChI is InChI=1S/C12H9N3O3/c13-3-4-18-9-1-2-12-10(5-9)11(14-7-16)6-15(12)8-17/h1-2,5-8H,4H2,(H,14,16). The molecule has 6 nitrogen and oxygen atoms in total. The minimum atomic E-state index is -0.0592. The van der Waals surface area contributed by atoms with E-state index in [-0.39, 0.29) is 6.61 Å². The fraction of sp³-hybridized carbons (Fsp3) is 0.0833. The Morgan fingerprint density at radius 2 is 2.28 bits per heavy atom. The predicted octanol–water partition coefficient (Wildman–Crippen LogP) is 1.15. The van der Waals surface area contributed by atoms with Gasteiger partial charge in [-0.2, -0.15) is 5.26 Å². The van der Waals surface area contributed by atoms with Crippen LogP contribution in [0.25, 0.3) is 10.9 Å². The van der Waals surface area contributed by atoms with Gasteiger partial charge in [-0.3, -0.25) is 14.2 Å². The largest absolute Gasteiger partial charge is 0.479 e. The van der Waals surface area contributed by atoms with Crippen LogP contribution in [0.3, 0.4) is 0 Å². The van der Waals surface area contributed by atoms with Crippen LogP contribution in [0.15, 0.2) is 24.4 Å². The monoisotopic (exact) mass is 243 g/mol. The van der Waals surface area contributed by atoms with Crippen molar-refractivity contribution in [1.82, 2.24) is 4.57 Å². The van der Waals surface area contributed by atoms with Gasteiger partial charge in [-0.05, 0) is 18.2 Å². The molecule has 1 aromatic carbocycles. The van der Waals surface area contributed by atoms with Crippen molar-refractivity contribution in [3.8, 4) is 11.8 Å². The third kappa shape index (κ3) is 2.01. The van der Waals surface area contributed by atoms with E-state index in [9.17, 15) is 9.59 Å². The summed E-state index contributed by atoms with van der Waals surface area (Å²) in [6.07, 6.45) is 2.70. The van der Waals surface area contributed by atoms with Gasteiger partial charge < -0.3 is 10.1 Å². The maximum Gasteiger partial charge on any atom is 0.218 e. The number of carbonyl (C=O) groups excluding carboxylic acids is 2. The number of anilines is 1. The number of nitrogens with one attached hydrogen (secondary N) is 1. The van der Waals surface area contributed by atoms with Crippen LogP contribution in [-0.4, -0.2) is 24.0 Å². The zero-order valence-electron chi connectivity index (χ0n) is 9.29. The predicted molar refractivity (Wildman–Crippen MR) is 64.9 cm³/mol. The zero-order chi connectivity index (χ0) is 13.0. The second-order valence-corrected chi connectivity index (χ2v) is 3.44. The summed E-state index contributed by atoms with van der Waals surface area (Å²) in [5.41, 5.74) is 1.16. The van der Waals surface area contributed by atoms with Gasteiger partial charge in [0.2, 0.25) is 12.8 Å². The lowest BCUT2D eigenvalue weighted by Crippen LogP contribution is -1.94. The molecule has 1 heterocycles. The van der Waals surface area contributed by atoms with E-state index in [1.807, 2.05) is 6.07 Å². The first kappa shape index (κ1) is 11.7. The number of hydrogen-bond acceptors (Lipinski definition) is 4. The highest BCUT2D eigenvalue weighted by atomic mass is 16.5. The summed E-state index contributed by atoms with van der Waals surface area (Å²) in [6.45, 7) is -0.0592. The fourth-order valence-electron chi connectivity index (χ4n) is 1.71. The Morgan fingerprint density at radius 1 is 1.44 bits per heavy atom. The molecular weight excluding hydrogens is 234 g/mol. The SMILES string of the molecule is N#CCOc1ccc2c(c1)c(NC=O)cn2C=O. The highest BCUT2D eigenvalue weighted by molar-refractivity contribution is 6.00. The summed E-state index contributed by atoms with van der Waals surface area (Å²) in [6, 6.07) is 6.87. The molecular formula is C12H9N3O3. The molecule has 0 unspecified atom stereocenters. The number of carbonyl (C=O) groups is 2. The molecule has 0 atom stereocenters. The van der Waals surface area contributed by atoms with Gasteiger partial charge in [0.15, 0.2) is 6.61 Å². The second-order valence-electron chi connectivity index (χ2n) is 3.44. The number of fused-ring (bicyclic) bond motifs is 1. The molecule has 0 aliphatic carbocycles. The lowest BCUT2D eigenvalue weighted by atomic mass is 10.2. The van der Waals surface area contributed by atoms with Gasteiger partial charge in [-0.15, -0.1) is 0 Å². The van der Waals surface area contributed by atoms with Gasteiger partial charge in [-0.25, -0.2) is 0 Å². The molecule has 2 rings (SSSR count). The average Bonchev–Trinajstić information content (AvgIpc) is 2.74. The molecule has 1 N–H and O–H groups in total. The molecule has 0 radical (unpaired) electrons. The number of nitrogens with zero attached hydrogens (tertiary/aromatic N) is 2. The zero-order valence-corrected chi connectivity index (χ0v) is 9.29. The number of ether oxygens (including phenoxy) is 1. The van der Waals surface area contributed by atoms with Crippen molar-refractivity contribution in [3.05, 3.63) is 24.4 Å². The number of nitriles is 1. The summed E-state index contributed by atoms with van der Waals surface area (Å²) >= 11 is 0. The van der Waals surface area contributed by atoms with Gasteiger partial charge in [0.25, 0.3) is 0 Å². The number of aromatic nitrogens is 1. The molecule has 0 aliphatic rings. The summed E-state index contributed by atoms with van der Waals surface area (Å²) in [7, 11) is 0. The van der Waals surface area contributed by atoms with Crippen molar-refractivity contribution in [1.29, 1.82) is 5.26 Å². The van der Waals surface area contributed by atoms with Crippen LogP contribution in [-0.2, 0) is 9.59 Å². The van der Waals surface area contributed by atoms with E-state index in [0.29, 0.717) is 35.2 Å². The van der Waals surface area contributed by atoms with Gasteiger partial charge in [-0.1, -0.05) is 0 Å². The van der Waals surface area contributed by atoms with E-state index in [4.69, 9.17) is 10.00 Å². The Bertz CT molecular complexity index is 640. The Kier molecular flexibility index (Phi) is 3.25. The van der Waals surface area contributed by atoms with Crippen molar-refractivity contribution in [2.45, 2.75) is 0 Å². The second kappa shape index (κ2) is 5.01. The Labute approximate surface area is 102 Å². The first-order valence-electron chi connectivity index (χ1n) is 5.10. The van der Waals surface area contributed by atoms with Crippen molar-refractivity contribution in [2.24, 2.45) is 0 Å². The van der Waals surface area contributed by atoms with Crippen molar-refractivity contribution >= 4 is 29.4 Å². The van der Waals surface area contributed by atoms with E-state index < -0.39 is 0 Å². The first-order chi connectivity index (χ1) is 8.80. The first-order valence-corrected chi connectivity index (χ1v) is 5.10. The van der Waals surface area contributed by atoms with Gasteiger partial charge in [0, 0.05) is 11.6 Å². The fourth-order valence-corrected chi connectivity index (χ4v) is 1.71. The van der Waals surface area contributed by atoms with Gasteiger partial charge in [0.05, 0.1) is 11.2 Å². The summed E-state index contributed by atoms with van der Waals surface area (Å²) in [5.74, 6) is 0.502. The summed E-state index contributed by atoms with van der Waals surface area (Å²) < 4.78 is 6.52. The molecule has 0 fully saturated rings. The minimum Gasteiger partial charge on any atom is -0.479 e. The maximum atomic E-state index is 10.9. The quantitative estimate of drug-likeness (QED) is 0.798. The molecule has 18 heavy (non-hydrogen) atoms. The van der Waals surface area contributed by atoms with Gasteiger partial charge in [0.1, 0.15) is 11.8 Å². The molecule has 0 bridgehead atoms. The van der Waals surface area contributed by atoms with E-state index in [1.165, 1.54) is 10.8 Å². The highest BCUT2D eigenvalue weighted by Gasteiger charge is 2.09. The Hall–Kier alpha value is -2.81. The van der Waals surface area contributed by atoms with Crippen LogP contribution in [0.5, 0.6) is 5.75 Å². The van der Waals surface area contributed by atoms with Crippen LogP contribution in [0, 0.1) is 11.3 Å².